The van der Waals surface area contributed by atoms with E-state index in [0.29, 0.717) is 5.56 Å². The van der Waals surface area contributed by atoms with E-state index < -0.39 is 4.92 Å². The van der Waals surface area contributed by atoms with Gasteiger partial charge in [0.1, 0.15) is 5.02 Å². The van der Waals surface area contributed by atoms with Crippen LogP contribution in [0, 0.1) is 10.1 Å². The lowest BCUT2D eigenvalue weighted by molar-refractivity contribution is -0.684. The van der Waals surface area contributed by atoms with Crippen LogP contribution in [0.15, 0.2) is 53.9 Å². The third-order valence-electron chi connectivity index (χ3n) is 2.67. The molecule has 1 N–H and O–H groups in total. The number of pyridine rings is 1. The highest BCUT2D eigenvalue weighted by atomic mass is 35.5. The van der Waals surface area contributed by atoms with Gasteiger partial charge in [-0.3, -0.25) is 14.9 Å². The van der Waals surface area contributed by atoms with E-state index in [9.17, 15) is 14.9 Å². The summed E-state index contributed by atoms with van der Waals surface area (Å²) in [5, 5.41) is 14.6. The summed E-state index contributed by atoms with van der Waals surface area (Å²) >= 11 is 5.71. The lowest BCUT2D eigenvalue weighted by atomic mass is 10.2. The first-order chi connectivity index (χ1) is 10.6. The number of rotatable bonds is 5. The second kappa shape index (κ2) is 7.28. The van der Waals surface area contributed by atoms with Gasteiger partial charge in [0.15, 0.2) is 12.4 Å². The van der Waals surface area contributed by atoms with Gasteiger partial charge in [-0.25, -0.2) is 5.43 Å². The van der Waals surface area contributed by atoms with Gasteiger partial charge < -0.3 is 0 Å². The smallest absolute Gasteiger partial charge is 0.266 e. The van der Waals surface area contributed by atoms with Gasteiger partial charge in [0.05, 0.1) is 11.1 Å². The zero-order chi connectivity index (χ0) is 15.9. The quantitative estimate of drug-likeness (QED) is 0.393. The molecule has 7 nitrogen and oxygen atoms in total. The van der Waals surface area contributed by atoms with Crippen LogP contribution >= 0.6 is 11.6 Å². The maximum absolute atomic E-state index is 11.7. The van der Waals surface area contributed by atoms with Gasteiger partial charge >= 0.3 is 5.91 Å². The molecule has 1 heterocycles. The molecule has 0 aliphatic heterocycles. The molecule has 1 aromatic carbocycles. The van der Waals surface area contributed by atoms with Crippen molar-refractivity contribution in [3.05, 3.63) is 69.5 Å². The average molecular weight is 320 g/mol. The van der Waals surface area contributed by atoms with Crippen LogP contribution in [0.25, 0.3) is 0 Å². The summed E-state index contributed by atoms with van der Waals surface area (Å²) in [7, 11) is 0. The van der Waals surface area contributed by atoms with Crippen molar-refractivity contribution in [2.75, 3.05) is 0 Å². The molecule has 0 saturated carbocycles. The van der Waals surface area contributed by atoms with Gasteiger partial charge in [-0.2, -0.15) is 9.67 Å². The van der Waals surface area contributed by atoms with Crippen LogP contribution in [-0.2, 0) is 11.3 Å². The van der Waals surface area contributed by atoms with Crippen LogP contribution < -0.4 is 9.99 Å². The van der Waals surface area contributed by atoms with Crippen molar-refractivity contribution in [1.29, 1.82) is 0 Å². The van der Waals surface area contributed by atoms with E-state index in [1.165, 1.54) is 18.3 Å². The van der Waals surface area contributed by atoms with Crippen molar-refractivity contribution in [2.45, 2.75) is 6.54 Å². The Bertz CT molecular complexity index is 719. The molecule has 0 aliphatic rings. The van der Waals surface area contributed by atoms with Crippen LogP contribution in [-0.4, -0.2) is 17.0 Å². The third-order valence-corrected chi connectivity index (χ3v) is 2.99. The summed E-state index contributed by atoms with van der Waals surface area (Å²) in [6, 6.07) is 9.72. The van der Waals surface area contributed by atoms with E-state index in [0.717, 1.165) is 0 Å². The highest BCUT2D eigenvalue weighted by molar-refractivity contribution is 6.32. The molecule has 22 heavy (non-hydrogen) atoms. The first-order valence-electron chi connectivity index (χ1n) is 6.26. The monoisotopic (exact) mass is 319 g/mol. The van der Waals surface area contributed by atoms with Crippen LogP contribution in [0.5, 0.6) is 0 Å². The third kappa shape index (κ3) is 4.35. The molecule has 2 rings (SSSR count). The maximum Gasteiger partial charge on any atom is 0.305 e. The number of nitro benzene ring substituents is 1. The molecule has 0 spiro atoms. The van der Waals surface area contributed by atoms with Crippen molar-refractivity contribution >= 4 is 29.4 Å². The van der Waals surface area contributed by atoms with Crippen molar-refractivity contribution in [1.82, 2.24) is 5.43 Å². The number of hydrogen-bond donors (Lipinski definition) is 1. The fourth-order valence-corrected chi connectivity index (χ4v) is 1.86. The average Bonchev–Trinajstić information content (AvgIpc) is 2.49. The van der Waals surface area contributed by atoms with E-state index in [2.05, 4.69) is 10.5 Å². The molecule has 0 unspecified atom stereocenters. The Labute approximate surface area is 131 Å². The van der Waals surface area contributed by atoms with Gasteiger partial charge in [-0.05, 0) is 6.07 Å². The second-order valence-electron chi connectivity index (χ2n) is 4.31. The largest absolute Gasteiger partial charge is 0.305 e. The highest BCUT2D eigenvalue weighted by Crippen LogP contribution is 2.24. The molecule has 1 aromatic heterocycles. The number of carbonyl (C=O) groups excluding carboxylic acids is 1. The summed E-state index contributed by atoms with van der Waals surface area (Å²) in [5.41, 5.74) is 2.60. The number of nitro groups is 1. The molecule has 2 aromatic rings. The first kappa shape index (κ1) is 15.6. The highest BCUT2D eigenvalue weighted by Gasteiger charge is 2.12. The zero-order valence-electron chi connectivity index (χ0n) is 11.3. The number of halogens is 1. The van der Waals surface area contributed by atoms with E-state index in [1.54, 1.807) is 23.0 Å². The summed E-state index contributed by atoms with van der Waals surface area (Å²) in [4.78, 5) is 21.8. The summed E-state index contributed by atoms with van der Waals surface area (Å²) < 4.78 is 1.69. The predicted octanol–water partition coefficient (Wildman–Crippen LogP) is 1.69. The van der Waals surface area contributed by atoms with Gasteiger partial charge in [0, 0.05) is 23.8 Å². The van der Waals surface area contributed by atoms with Crippen LogP contribution in [0.4, 0.5) is 5.69 Å². The number of carbonyl (C=O) groups is 1. The number of nitrogens with zero attached hydrogens (tertiary/aromatic N) is 3. The molecular weight excluding hydrogens is 308 g/mol. The normalized spacial score (nSPS) is 10.6. The molecule has 0 bridgehead atoms. The number of aromatic nitrogens is 1. The minimum absolute atomic E-state index is 0.0478. The fourth-order valence-electron chi connectivity index (χ4n) is 1.67. The number of benzene rings is 1. The van der Waals surface area contributed by atoms with Crippen molar-refractivity contribution in [2.24, 2.45) is 5.10 Å². The molecular formula is C14H12ClN4O3+. The van der Waals surface area contributed by atoms with Crippen LogP contribution in [0.1, 0.15) is 5.56 Å². The molecule has 112 valence electrons. The van der Waals surface area contributed by atoms with Gasteiger partial charge in [0.2, 0.25) is 6.54 Å². The van der Waals surface area contributed by atoms with Gasteiger partial charge in [-0.1, -0.05) is 23.7 Å². The minimum atomic E-state index is -0.579. The second-order valence-corrected chi connectivity index (χ2v) is 4.72. The zero-order valence-corrected chi connectivity index (χ0v) is 12.1. The fraction of sp³-hybridized carbons (Fsp3) is 0.0714. The topological polar surface area (TPSA) is 88.5 Å². The standard InChI is InChI=1S/C14H11ClN4O3/c15-12-5-4-11(8-13(12)19(21)22)9-16-17-14(20)10-18-6-2-1-3-7-18/h1-9H,10H2/p+1/b16-9+. The Balaban J connectivity index is 1.96. The molecule has 8 heteroatoms. The van der Waals surface area contributed by atoms with E-state index >= 15 is 0 Å². The molecule has 0 saturated heterocycles. The minimum Gasteiger partial charge on any atom is -0.266 e. The molecule has 1 amide bonds. The van der Waals surface area contributed by atoms with E-state index in [1.807, 2.05) is 18.2 Å². The molecule has 0 fully saturated rings. The Morgan fingerprint density at radius 2 is 2.09 bits per heavy atom. The van der Waals surface area contributed by atoms with Gasteiger partial charge in [-0.15, -0.1) is 0 Å². The summed E-state index contributed by atoms with van der Waals surface area (Å²) in [6.07, 6.45) is 4.83. The van der Waals surface area contributed by atoms with Crippen molar-refractivity contribution in [3.8, 4) is 0 Å². The SMILES string of the molecule is O=C(C[n+]1ccccc1)N/N=C/c1ccc(Cl)c([N+](=O)[O-])c1. The molecule has 0 atom stereocenters. The Hall–Kier alpha value is -2.80. The lowest BCUT2D eigenvalue weighted by Crippen LogP contribution is -2.40. The molecule has 0 radical (unpaired) electrons. The number of hydrazone groups is 1. The van der Waals surface area contributed by atoms with Crippen molar-refractivity contribution < 1.29 is 14.3 Å². The Morgan fingerprint density at radius 3 is 2.77 bits per heavy atom. The maximum atomic E-state index is 11.7. The van der Waals surface area contributed by atoms with E-state index in [-0.39, 0.29) is 23.2 Å². The number of nitrogens with one attached hydrogen (secondary N) is 1. The number of amides is 1. The number of hydrogen-bond acceptors (Lipinski definition) is 4. The van der Waals surface area contributed by atoms with Crippen LogP contribution in [0.2, 0.25) is 5.02 Å². The summed E-state index contributed by atoms with van der Waals surface area (Å²) in [5.74, 6) is -0.309. The molecule has 0 aliphatic carbocycles. The summed E-state index contributed by atoms with van der Waals surface area (Å²) in [6.45, 7) is 0.124. The van der Waals surface area contributed by atoms with E-state index in [4.69, 9.17) is 11.6 Å². The predicted molar refractivity (Wildman–Crippen MR) is 80.5 cm³/mol. The van der Waals surface area contributed by atoms with Crippen molar-refractivity contribution in [3.63, 3.8) is 0 Å². The Kier molecular flexibility index (Phi) is 5.16. The first-order valence-corrected chi connectivity index (χ1v) is 6.64. The lowest BCUT2D eigenvalue weighted by Gasteiger charge is -1.98. The van der Waals surface area contributed by atoms with Crippen LogP contribution in [0.3, 0.4) is 0 Å². The Morgan fingerprint density at radius 1 is 1.36 bits per heavy atom. The van der Waals surface area contributed by atoms with Gasteiger partial charge in [0.25, 0.3) is 5.69 Å².